The number of hydrogen-bond donors (Lipinski definition) is 0. The Balaban J connectivity index is 1.55. The monoisotopic (exact) mass is 300 g/mol. The van der Waals surface area contributed by atoms with E-state index in [0.29, 0.717) is 17.4 Å². The van der Waals surface area contributed by atoms with E-state index in [4.69, 9.17) is 21.1 Å². The summed E-state index contributed by atoms with van der Waals surface area (Å²) in [5.41, 5.74) is 0. The number of piperidine rings is 1. The van der Waals surface area contributed by atoms with Gasteiger partial charge in [-0.05, 0) is 25.3 Å². The minimum atomic E-state index is -0.360. The van der Waals surface area contributed by atoms with Crippen LogP contribution in [0.2, 0.25) is 5.02 Å². The molecule has 1 atom stereocenters. The second-order valence-corrected chi connectivity index (χ2v) is 5.70. The van der Waals surface area contributed by atoms with Crippen LogP contribution < -0.4 is 4.90 Å². The van der Waals surface area contributed by atoms with Gasteiger partial charge in [-0.3, -0.25) is 0 Å². The molecule has 110 valence electrons. The number of halogens is 2. The maximum absolute atomic E-state index is 13.8. The second-order valence-electron chi connectivity index (χ2n) is 5.27. The first-order valence-electron chi connectivity index (χ1n) is 7.01. The third kappa shape index (κ3) is 3.22. The number of nitrogens with zero attached hydrogens (tertiary/aromatic N) is 2. The van der Waals surface area contributed by atoms with Gasteiger partial charge >= 0.3 is 0 Å². The highest BCUT2D eigenvalue weighted by Gasteiger charge is 2.26. The van der Waals surface area contributed by atoms with Crippen molar-refractivity contribution in [3.8, 4) is 0 Å². The highest BCUT2D eigenvalue weighted by atomic mass is 35.5. The van der Waals surface area contributed by atoms with Gasteiger partial charge in [0, 0.05) is 25.9 Å². The van der Waals surface area contributed by atoms with E-state index in [2.05, 4.69) is 4.98 Å². The maximum atomic E-state index is 13.8. The average Bonchev–Trinajstić information content (AvgIpc) is 2.93. The molecule has 0 amide bonds. The van der Waals surface area contributed by atoms with E-state index in [1.165, 1.54) is 12.3 Å². The van der Waals surface area contributed by atoms with Crippen molar-refractivity contribution in [1.82, 2.24) is 4.98 Å². The predicted molar refractivity (Wildman–Crippen MR) is 74.7 cm³/mol. The van der Waals surface area contributed by atoms with Crippen LogP contribution in [0.5, 0.6) is 0 Å². The van der Waals surface area contributed by atoms with Crippen LogP contribution >= 0.6 is 11.6 Å². The largest absolute Gasteiger partial charge is 0.379 e. The summed E-state index contributed by atoms with van der Waals surface area (Å²) in [4.78, 5) is 6.04. The molecule has 0 N–H and O–H groups in total. The van der Waals surface area contributed by atoms with Gasteiger partial charge in [-0.2, -0.15) is 0 Å². The topological polar surface area (TPSA) is 34.6 Å². The number of anilines is 1. The highest BCUT2D eigenvalue weighted by Crippen LogP contribution is 2.25. The summed E-state index contributed by atoms with van der Waals surface area (Å²) in [6, 6.07) is 1.31. The number of pyridine rings is 1. The van der Waals surface area contributed by atoms with Crippen LogP contribution in [0.1, 0.15) is 19.3 Å². The third-order valence-electron chi connectivity index (χ3n) is 3.80. The number of ether oxygens (including phenoxy) is 2. The third-order valence-corrected chi connectivity index (χ3v) is 4.01. The van der Waals surface area contributed by atoms with Gasteiger partial charge in [-0.25, -0.2) is 9.37 Å². The summed E-state index contributed by atoms with van der Waals surface area (Å²) in [7, 11) is 0. The van der Waals surface area contributed by atoms with E-state index in [1.807, 2.05) is 4.90 Å². The lowest BCUT2D eigenvalue weighted by atomic mass is 10.1. The number of rotatable bonds is 3. The standard InChI is InChI=1S/C14H18ClFN2O2/c15-10-7-13(16)14(17-8-10)18-4-1-11(2-5-18)20-12-3-6-19-9-12/h7-8,11-12H,1-6,9H2/t12-/m0/s1. The van der Waals surface area contributed by atoms with Gasteiger partial charge in [0.25, 0.3) is 0 Å². The summed E-state index contributed by atoms with van der Waals surface area (Å²) >= 11 is 5.72. The minimum absolute atomic E-state index is 0.233. The van der Waals surface area contributed by atoms with Crippen molar-refractivity contribution in [2.75, 3.05) is 31.2 Å². The zero-order valence-electron chi connectivity index (χ0n) is 11.2. The van der Waals surface area contributed by atoms with E-state index in [0.717, 1.165) is 39.0 Å². The molecular formula is C14H18ClFN2O2. The molecule has 6 heteroatoms. The van der Waals surface area contributed by atoms with Gasteiger partial charge < -0.3 is 14.4 Å². The van der Waals surface area contributed by atoms with E-state index < -0.39 is 0 Å². The quantitative estimate of drug-likeness (QED) is 0.859. The molecule has 0 radical (unpaired) electrons. The maximum Gasteiger partial charge on any atom is 0.167 e. The molecule has 2 fully saturated rings. The summed E-state index contributed by atoms with van der Waals surface area (Å²) in [6.07, 6.45) is 4.72. The molecule has 3 rings (SSSR count). The first-order chi connectivity index (χ1) is 9.72. The minimum Gasteiger partial charge on any atom is -0.379 e. The van der Waals surface area contributed by atoms with Gasteiger partial charge in [-0.1, -0.05) is 11.6 Å². The Labute approximate surface area is 122 Å². The first-order valence-corrected chi connectivity index (χ1v) is 7.39. The normalized spacial score (nSPS) is 24.3. The Morgan fingerprint density at radius 1 is 1.30 bits per heavy atom. The van der Waals surface area contributed by atoms with Crippen molar-refractivity contribution < 1.29 is 13.9 Å². The molecular weight excluding hydrogens is 283 g/mol. The number of hydrogen-bond acceptors (Lipinski definition) is 4. The molecule has 0 aliphatic carbocycles. The Morgan fingerprint density at radius 2 is 2.10 bits per heavy atom. The second kappa shape index (κ2) is 6.24. The van der Waals surface area contributed by atoms with Crippen LogP contribution in [-0.4, -0.2) is 43.5 Å². The zero-order valence-corrected chi connectivity index (χ0v) is 12.0. The van der Waals surface area contributed by atoms with E-state index in [1.54, 1.807) is 0 Å². The molecule has 20 heavy (non-hydrogen) atoms. The van der Waals surface area contributed by atoms with E-state index >= 15 is 0 Å². The molecule has 1 aromatic rings. The van der Waals surface area contributed by atoms with Gasteiger partial charge in [0.05, 0.1) is 23.8 Å². The fraction of sp³-hybridized carbons (Fsp3) is 0.643. The summed E-state index contributed by atoms with van der Waals surface area (Å²) in [5, 5.41) is 0.325. The van der Waals surface area contributed by atoms with Crippen LogP contribution in [-0.2, 0) is 9.47 Å². The van der Waals surface area contributed by atoms with Crippen LogP contribution in [0.4, 0.5) is 10.2 Å². The van der Waals surface area contributed by atoms with Gasteiger partial charge in [0.1, 0.15) is 0 Å². The smallest absolute Gasteiger partial charge is 0.167 e. The van der Waals surface area contributed by atoms with Crippen molar-refractivity contribution in [3.05, 3.63) is 23.1 Å². The first kappa shape index (κ1) is 14.0. The van der Waals surface area contributed by atoms with Crippen molar-refractivity contribution in [1.29, 1.82) is 0 Å². The number of aromatic nitrogens is 1. The summed E-state index contributed by atoms with van der Waals surface area (Å²) < 4.78 is 25.1. The van der Waals surface area contributed by atoms with E-state index in [-0.39, 0.29) is 18.0 Å². The summed E-state index contributed by atoms with van der Waals surface area (Å²) in [5.74, 6) is 0.0260. The zero-order chi connectivity index (χ0) is 13.9. The lowest BCUT2D eigenvalue weighted by molar-refractivity contribution is -0.0262. The molecule has 2 aliphatic rings. The van der Waals surface area contributed by atoms with E-state index in [9.17, 15) is 4.39 Å². The molecule has 0 unspecified atom stereocenters. The Kier molecular flexibility index (Phi) is 4.38. The van der Waals surface area contributed by atoms with Crippen LogP contribution in [0.25, 0.3) is 0 Å². The van der Waals surface area contributed by atoms with Crippen LogP contribution in [0.3, 0.4) is 0 Å². The van der Waals surface area contributed by atoms with Crippen molar-refractivity contribution in [2.24, 2.45) is 0 Å². The Bertz CT molecular complexity index is 460. The average molecular weight is 301 g/mol. The molecule has 0 aromatic carbocycles. The Hall–Kier alpha value is -0.910. The van der Waals surface area contributed by atoms with Gasteiger partial charge in [-0.15, -0.1) is 0 Å². The molecule has 0 bridgehead atoms. The molecule has 2 saturated heterocycles. The molecule has 0 saturated carbocycles. The van der Waals surface area contributed by atoms with Gasteiger partial charge in [0.2, 0.25) is 0 Å². The molecule has 0 spiro atoms. The fourth-order valence-corrected chi connectivity index (χ4v) is 2.88. The van der Waals surface area contributed by atoms with Crippen LogP contribution in [0.15, 0.2) is 12.3 Å². The fourth-order valence-electron chi connectivity index (χ4n) is 2.74. The van der Waals surface area contributed by atoms with Crippen molar-refractivity contribution in [2.45, 2.75) is 31.5 Å². The summed E-state index contributed by atoms with van der Waals surface area (Å²) in [6.45, 7) is 3.00. The SMILES string of the molecule is Fc1cc(Cl)cnc1N1CCC(O[C@H]2CCOC2)CC1. The highest BCUT2D eigenvalue weighted by molar-refractivity contribution is 6.30. The molecule has 4 nitrogen and oxygen atoms in total. The molecule has 3 heterocycles. The lowest BCUT2D eigenvalue weighted by Gasteiger charge is -2.33. The molecule has 2 aliphatic heterocycles. The molecule has 1 aromatic heterocycles. The van der Waals surface area contributed by atoms with Crippen molar-refractivity contribution >= 4 is 17.4 Å². The lowest BCUT2D eigenvalue weighted by Crippen LogP contribution is -2.39. The van der Waals surface area contributed by atoms with Gasteiger partial charge in [0.15, 0.2) is 11.6 Å². The van der Waals surface area contributed by atoms with Crippen LogP contribution in [0, 0.1) is 5.82 Å². The predicted octanol–water partition coefficient (Wildman–Crippen LogP) is 2.65. The van der Waals surface area contributed by atoms with Crippen molar-refractivity contribution in [3.63, 3.8) is 0 Å². The Morgan fingerprint density at radius 3 is 2.75 bits per heavy atom.